The first-order chi connectivity index (χ1) is 10.4. The molecule has 2 unspecified atom stereocenters. The van der Waals surface area contributed by atoms with Crippen LogP contribution in [-0.2, 0) is 27.2 Å². The lowest BCUT2D eigenvalue weighted by Gasteiger charge is -2.24. The molecule has 0 saturated heterocycles. The van der Waals surface area contributed by atoms with Gasteiger partial charge in [-0.3, -0.25) is 9.59 Å². The number of aryl methyl sites for hydroxylation is 1. The average molecular weight is 306 g/mol. The van der Waals surface area contributed by atoms with Crippen LogP contribution in [0.25, 0.3) is 0 Å². The van der Waals surface area contributed by atoms with Crippen molar-refractivity contribution in [1.82, 2.24) is 4.90 Å². The first-order valence-corrected chi connectivity index (χ1v) is 7.29. The van der Waals surface area contributed by atoms with E-state index in [1.807, 2.05) is 12.1 Å². The van der Waals surface area contributed by atoms with Gasteiger partial charge in [-0.25, -0.2) is 0 Å². The Morgan fingerprint density at radius 3 is 2.68 bits per heavy atom. The van der Waals surface area contributed by atoms with Gasteiger partial charge < -0.3 is 20.1 Å². The van der Waals surface area contributed by atoms with Gasteiger partial charge in [-0.2, -0.15) is 0 Å². The van der Waals surface area contributed by atoms with Gasteiger partial charge in [0.1, 0.15) is 5.75 Å². The van der Waals surface area contributed by atoms with E-state index in [0.29, 0.717) is 5.75 Å². The molecular weight excluding hydrogens is 284 g/mol. The molecule has 1 aliphatic carbocycles. The quantitative estimate of drug-likeness (QED) is 0.659. The first kappa shape index (κ1) is 16.3. The maximum atomic E-state index is 12.0. The fourth-order valence-corrected chi connectivity index (χ4v) is 2.44. The zero-order chi connectivity index (χ0) is 16.3. The normalized spacial score (nSPS) is 18.1. The number of esters is 1. The van der Waals surface area contributed by atoms with E-state index in [9.17, 15) is 9.59 Å². The lowest BCUT2D eigenvalue weighted by Crippen LogP contribution is -2.40. The molecule has 6 nitrogen and oxygen atoms in total. The second kappa shape index (κ2) is 6.79. The SMILES string of the molecule is CC(=O)OC(Oc1ccc2c(c1)CC(N)CC2)C(=O)N(C)C. The lowest BCUT2D eigenvalue weighted by atomic mass is 9.89. The summed E-state index contributed by atoms with van der Waals surface area (Å²) in [5.74, 6) is -0.501. The van der Waals surface area contributed by atoms with E-state index in [2.05, 4.69) is 0 Å². The second-order valence-electron chi connectivity index (χ2n) is 5.73. The van der Waals surface area contributed by atoms with Crippen LogP contribution in [-0.4, -0.2) is 43.2 Å². The molecule has 0 bridgehead atoms. The fourth-order valence-electron chi connectivity index (χ4n) is 2.44. The number of benzene rings is 1. The molecule has 0 aromatic heterocycles. The van der Waals surface area contributed by atoms with Crippen molar-refractivity contribution in [2.75, 3.05) is 14.1 Å². The van der Waals surface area contributed by atoms with E-state index in [1.165, 1.54) is 17.4 Å². The fraction of sp³-hybridized carbons (Fsp3) is 0.500. The van der Waals surface area contributed by atoms with Crippen molar-refractivity contribution >= 4 is 11.9 Å². The number of carbonyl (C=O) groups excluding carboxylic acids is 2. The standard InChI is InChI=1S/C16H22N2O4/c1-10(19)21-16(15(20)18(2)3)22-14-7-5-11-4-6-13(17)8-12(11)9-14/h5,7,9,13,16H,4,6,8,17H2,1-3H3. The number of likely N-dealkylation sites (N-methyl/N-ethyl adjacent to an activating group) is 1. The number of amides is 1. The monoisotopic (exact) mass is 306 g/mol. The molecule has 0 spiro atoms. The Hall–Kier alpha value is -2.08. The third-order valence-electron chi connectivity index (χ3n) is 3.60. The number of ether oxygens (including phenoxy) is 2. The van der Waals surface area contributed by atoms with Crippen LogP contribution in [0.15, 0.2) is 18.2 Å². The van der Waals surface area contributed by atoms with E-state index >= 15 is 0 Å². The molecule has 1 aliphatic rings. The van der Waals surface area contributed by atoms with Gasteiger partial charge in [0.25, 0.3) is 0 Å². The number of hydrogen-bond acceptors (Lipinski definition) is 5. The van der Waals surface area contributed by atoms with Crippen molar-refractivity contribution in [3.05, 3.63) is 29.3 Å². The summed E-state index contributed by atoms with van der Waals surface area (Å²) in [6.45, 7) is 1.24. The Kier molecular flexibility index (Phi) is 5.03. The van der Waals surface area contributed by atoms with Crippen LogP contribution in [0.3, 0.4) is 0 Å². The van der Waals surface area contributed by atoms with E-state index in [4.69, 9.17) is 15.2 Å². The third kappa shape index (κ3) is 3.98. The van der Waals surface area contributed by atoms with Crippen molar-refractivity contribution in [1.29, 1.82) is 0 Å². The van der Waals surface area contributed by atoms with Crippen LogP contribution >= 0.6 is 0 Å². The van der Waals surface area contributed by atoms with Gasteiger partial charge in [0, 0.05) is 27.1 Å². The van der Waals surface area contributed by atoms with E-state index in [0.717, 1.165) is 24.8 Å². The second-order valence-corrected chi connectivity index (χ2v) is 5.73. The number of fused-ring (bicyclic) bond motifs is 1. The minimum Gasteiger partial charge on any atom is -0.446 e. The van der Waals surface area contributed by atoms with Crippen molar-refractivity contribution in [3.63, 3.8) is 0 Å². The predicted molar refractivity (Wildman–Crippen MR) is 81.3 cm³/mol. The Labute approximate surface area is 130 Å². The Bertz CT molecular complexity index is 571. The predicted octanol–water partition coefficient (Wildman–Crippen LogP) is 0.859. The maximum Gasteiger partial charge on any atom is 0.323 e. The summed E-state index contributed by atoms with van der Waals surface area (Å²) >= 11 is 0. The molecular formula is C16H22N2O4. The summed E-state index contributed by atoms with van der Waals surface area (Å²) in [5, 5.41) is 0. The molecule has 2 rings (SSSR count). The average Bonchev–Trinajstić information content (AvgIpc) is 2.44. The van der Waals surface area contributed by atoms with Crippen LogP contribution in [0, 0.1) is 0 Å². The highest BCUT2D eigenvalue weighted by Crippen LogP contribution is 2.25. The Balaban J connectivity index is 2.17. The van der Waals surface area contributed by atoms with Gasteiger partial charge in [-0.15, -0.1) is 0 Å². The first-order valence-electron chi connectivity index (χ1n) is 7.29. The van der Waals surface area contributed by atoms with Gasteiger partial charge in [0.2, 0.25) is 0 Å². The molecule has 120 valence electrons. The smallest absolute Gasteiger partial charge is 0.323 e. The molecule has 0 aliphatic heterocycles. The van der Waals surface area contributed by atoms with Gasteiger partial charge in [0.05, 0.1) is 0 Å². The molecule has 0 saturated carbocycles. The molecule has 6 heteroatoms. The molecule has 1 aromatic carbocycles. The molecule has 1 aromatic rings. The topological polar surface area (TPSA) is 81.9 Å². The summed E-state index contributed by atoms with van der Waals surface area (Å²) in [5.41, 5.74) is 8.35. The molecule has 2 atom stereocenters. The van der Waals surface area contributed by atoms with E-state index in [1.54, 1.807) is 20.2 Å². The lowest BCUT2D eigenvalue weighted by molar-refractivity contribution is -0.175. The van der Waals surface area contributed by atoms with Crippen molar-refractivity contribution in [3.8, 4) is 5.75 Å². The number of hydrogen-bond donors (Lipinski definition) is 1. The highest BCUT2D eigenvalue weighted by Gasteiger charge is 2.26. The summed E-state index contributed by atoms with van der Waals surface area (Å²) in [6.07, 6.45) is 1.43. The molecule has 0 fully saturated rings. The minimum atomic E-state index is -1.28. The van der Waals surface area contributed by atoms with Gasteiger partial charge in [0.15, 0.2) is 0 Å². The molecule has 0 heterocycles. The van der Waals surface area contributed by atoms with Crippen LogP contribution in [0.2, 0.25) is 0 Å². The number of nitrogens with two attached hydrogens (primary N) is 1. The summed E-state index contributed by atoms with van der Waals surface area (Å²) in [6, 6.07) is 5.78. The van der Waals surface area contributed by atoms with E-state index in [-0.39, 0.29) is 6.04 Å². The minimum absolute atomic E-state index is 0.149. The van der Waals surface area contributed by atoms with Gasteiger partial charge >= 0.3 is 18.2 Å². The van der Waals surface area contributed by atoms with Gasteiger partial charge in [-0.05, 0) is 42.5 Å². The third-order valence-corrected chi connectivity index (χ3v) is 3.60. The summed E-state index contributed by atoms with van der Waals surface area (Å²) in [4.78, 5) is 24.5. The number of rotatable bonds is 4. The highest BCUT2D eigenvalue weighted by molar-refractivity contribution is 5.82. The number of carbonyl (C=O) groups is 2. The van der Waals surface area contributed by atoms with Crippen LogP contribution < -0.4 is 10.5 Å². The van der Waals surface area contributed by atoms with Crippen LogP contribution in [0.5, 0.6) is 5.75 Å². The molecule has 22 heavy (non-hydrogen) atoms. The Morgan fingerprint density at radius 2 is 2.05 bits per heavy atom. The largest absolute Gasteiger partial charge is 0.446 e. The Morgan fingerprint density at radius 1 is 1.32 bits per heavy atom. The van der Waals surface area contributed by atoms with Crippen molar-refractivity contribution < 1.29 is 19.1 Å². The molecule has 0 radical (unpaired) electrons. The molecule has 2 N–H and O–H groups in total. The van der Waals surface area contributed by atoms with E-state index < -0.39 is 18.2 Å². The zero-order valence-electron chi connectivity index (χ0n) is 13.2. The van der Waals surface area contributed by atoms with Gasteiger partial charge in [-0.1, -0.05) is 6.07 Å². The van der Waals surface area contributed by atoms with Crippen LogP contribution in [0.4, 0.5) is 0 Å². The molecule has 1 amide bonds. The van der Waals surface area contributed by atoms with Crippen molar-refractivity contribution in [2.24, 2.45) is 5.73 Å². The zero-order valence-corrected chi connectivity index (χ0v) is 13.2. The summed E-state index contributed by atoms with van der Waals surface area (Å²) < 4.78 is 10.5. The summed E-state index contributed by atoms with van der Waals surface area (Å²) in [7, 11) is 3.15. The highest BCUT2D eigenvalue weighted by atomic mass is 16.7. The maximum absolute atomic E-state index is 12.0. The number of nitrogens with zero attached hydrogens (tertiary/aromatic N) is 1. The van der Waals surface area contributed by atoms with Crippen LogP contribution in [0.1, 0.15) is 24.5 Å². The van der Waals surface area contributed by atoms with Crippen molar-refractivity contribution in [2.45, 2.75) is 38.5 Å².